The molecule has 2 aromatic carbocycles. The maximum absolute atomic E-state index is 13.2. The van der Waals surface area contributed by atoms with Crippen LogP contribution in [0.15, 0.2) is 53.7 Å². The van der Waals surface area contributed by atoms with Gasteiger partial charge in [0.25, 0.3) is 0 Å². The van der Waals surface area contributed by atoms with Gasteiger partial charge in [0.1, 0.15) is 23.1 Å². The van der Waals surface area contributed by atoms with E-state index in [2.05, 4.69) is 15.5 Å². The van der Waals surface area contributed by atoms with Crippen LogP contribution in [0.2, 0.25) is 0 Å². The molecule has 1 aromatic heterocycles. The van der Waals surface area contributed by atoms with E-state index < -0.39 is 11.7 Å². The van der Waals surface area contributed by atoms with Gasteiger partial charge in [-0.15, -0.1) is 11.3 Å². The molecule has 140 valence electrons. The lowest BCUT2D eigenvalue weighted by Crippen LogP contribution is -2.09. The van der Waals surface area contributed by atoms with E-state index in [4.69, 9.17) is 4.74 Å². The third-order valence-electron chi connectivity index (χ3n) is 3.71. The summed E-state index contributed by atoms with van der Waals surface area (Å²) >= 11 is 1.18. The summed E-state index contributed by atoms with van der Waals surface area (Å²) in [5.41, 5.74) is -0.228. The van der Waals surface area contributed by atoms with Crippen molar-refractivity contribution in [2.45, 2.75) is 12.7 Å². The number of rotatable bonds is 6. The number of para-hydroxylation sites is 1. The van der Waals surface area contributed by atoms with Crippen molar-refractivity contribution in [1.82, 2.24) is 4.98 Å². The van der Waals surface area contributed by atoms with Gasteiger partial charge < -0.3 is 10.1 Å². The van der Waals surface area contributed by atoms with E-state index in [1.54, 1.807) is 24.3 Å². The molecule has 0 fully saturated rings. The first-order chi connectivity index (χ1) is 12.9. The van der Waals surface area contributed by atoms with Gasteiger partial charge in [-0.05, 0) is 24.3 Å². The molecule has 3 aromatic rings. The molecule has 0 aliphatic rings. The van der Waals surface area contributed by atoms with Crippen LogP contribution in [-0.4, -0.2) is 12.1 Å². The topological polar surface area (TPSA) is 63.6 Å². The fraction of sp³-hybridized carbons (Fsp3) is 0.167. The lowest BCUT2D eigenvalue weighted by molar-refractivity contribution is -0.136. The number of nitroso groups, excluding NO2 is 1. The highest BCUT2D eigenvalue weighted by Gasteiger charge is 2.33. The number of benzene rings is 2. The molecule has 27 heavy (non-hydrogen) atoms. The summed E-state index contributed by atoms with van der Waals surface area (Å²) in [6, 6.07) is 12.2. The number of halogens is 3. The molecule has 0 unspecified atom stereocenters. The van der Waals surface area contributed by atoms with Crippen molar-refractivity contribution in [3.8, 4) is 16.3 Å². The predicted molar refractivity (Wildman–Crippen MR) is 98.3 cm³/mol. The Balaban J connectivity index is 2.01. The average molecular weight is 393 g/mol. The number of ether oxygens (including phenoxy) is 1. The predicted octanol–water partition coefficient (Wildman–Crippen LogP) is 5.85. The average Bonchev–Trinajstić information content (AvgIpc) is 3.04. The van der Waals surface area contributed by atoms with Crippen LogP contribution >= 0.6 is 11.3 Å². The number of hydrogen-bond acceptors (Lipinski definition) is 6. The van der Waals surface area contributed by atoms with Gasteiger partial charge in [0, 0.05) is 5.56 Å². The van der Waals surface area contributed by atoms with Crippen LogP contribution in [0.3, 0.4) is 0 Å². The molecule has 0 aliphatic heterocycles. The number of anilines is 2. The van der Waals surface area contributed by atoms with Gasteiger partial charge >= 0.3 is 6.18 Å². The molecule has 0 amide bonds. The SMILES string of the molecule is COc1cccc(-c2nc(Nc3ccccc3C(F)(F)F)c(CN=O)s2)c1. The van der Waals surface area contributed by atoms with E-state index in [0.717, 1.165) is 11.6 Å². The highest BCUT2D eigenvalue weighted by Crippen LogP contribution is 2.38. The summed E-state index contributed by atoms with van der Waals surface area (Å²) in [5.74, 6) is 0.795. The summed E-state index contributed by atoms with van der Waals surface area (Å²) in [6.07, 6.45) is -4.52. The molecule has 9 heteroatoms. The molecule has 5 nitrogen and oxygen atoms in total. The molecule has 0 bridgehead atoms. The molecule has 3 rings (SSSR count). The molecule has 0 aliphatic carbocycles. The number of hydrogen-bond donors (Lipinski definition) is 1. The van der Waals surface area contributed by atoms with Gasteiger partial charge in [0.15, 0.2) is 0 Å². The van der Waals surface area contributed by atoms with Crippen LogP contribution in [0.5, 0.6) is 5.75 Å². The Kier molecular flexibility index (Phi) is 5.41. The molecular formula is C18H14F3N3O2S. The Hall–Kier alpha value is -2.94. The second-order valence-electron chi connectivity index (χ2n) is 5.48. The first kappa shape index (κ1) is 18.8. The Labute approximate surface area is 156 Å². The van der Waals surface area contributed by atoms with Crippen molar-refractivity contribution < 1.29 is 17.9 Å². The van der Waals surface area contributed by atoms with Gasteiger partial charge in [-0.25, -0.2) is 4.98 Å². The van der Waals surface area contributed by atoms with E-state index in [-0.39, 0.29) is 18.1 Å². The summed E-state index contributed by atoms with van der Waals surface area (Å²) < 4.78 is 44.8. The Morgan fingerprint density at radius 2 is 1.96 bits per heavy atom. The summed E-state index contributed by atoms with van der Waals surface area (Å²) in [6.45, 7) is -0.196. The van der Waals surface area contributed by atoms with E-state index in [9.17, 15) is 18.1 Å². The number of thiazole rings is 1. The maximum atomic E-state index is 13.2. The first-order valence-corrected chi connectivity index (χ1v) is 8.60. The number of nitrogens with one attached hydrogen (secondary N) is 1. The maximum Gasteiger partial charge on any atom is 0.418 e. The Morgan fingerprint density at radius 1 is 1.19 bits per heavy atom. The number of alkyl halides is 3. The van der Waals surface area contributed by atoms with E-state index >= 15 is 0 Å². The molecule has 1 heterocycles. The second kappa shape index (κ2) is 7.75. The van der Waals surface area contributed by atoms with Gasteiger partial charge in [0.05, 0.1) is 23.2 Å². The van der Waals surface area contributed by atoms with Crippen LogP contribution in [0.4, 0.5) is 24.7 Å². The van der Waals surface area contributed by atoms with E-state index in [1.165, 1.54) is 36.6 Å². The van der Waals surface area contributed by atoms with Crippen LogP contribution in [0.25, 0.3) is 10.6 Å². The zero-order valence-electron chi connectivity index (χ0n) is 14.1. The van der Waals surface area contributed by atoms with Crippen molar-refractivity contribution in [2.24, 2.45) is 5.18 Å². The third-order valence-corrected chi connectivity index (χ3v) is 4.80. The monoisotopic (exact) mass is 393 g/mol. The lowest BCUT2D eigenvalue weighted by atomic mass is 10.1. The minimum absolute atomic E-state index is 0.139. The zero-order chi connectivity index (χ0) is 19.4. The van der Waals surface area contributed by atoms with Crippen LogP contribution in [-0.2, 0) is 12.7 Å². The van der Waals surface area contributed by atoms with Crippen molar-refractivity contribution in [1.29, 1.82) is 0 Å². The van der Waals surface area contributed by atoms with E-state index in [1.807, 2.05) is 0 Å². The fourth-order valence-electron chi connectivity index (χ4n) is 2.46. The van der Waals surface area contributed by atoms with E-state index in [0.29, 0.717) is 15.6 Å². The standard InChI is InChI=1S/C18H14F3N3O2S/c1-26-12-6-4-5-11(9-12)17-24-16(15(27-17)10-22-25)23-14-8-3-2-7-13(14)18(19,20)21/h2-9,23H,10H2,1H3. The molecular weight excluding hydrogens is 379 g/mol. The van der Waals surface area contributed by atoms with Crippen molar-refractivity contribution in [3.05, 3.63) is 63.9 Å². The molecule has 0 radical (unpaired) electrons. The zero-order valence-corrected chi connectivity index (χ0v) is 14.9. The molecule has 0 saturated carbocycles. The smallest absolute Gasteiger partial charge is 0.418 e. The van der Waals surface area contributed by atoms with Crippen LogP contribution < -0.4 is 10.1 Å². The largest absolute Gasteiger partial charge is 0.497 e. The summed E-state index contributed by atoms with van der Waals surface area (Å²) in [7, 11) is 1.53. The van der Waals surface area contributed by atoms with Crippen molar-refractivity contribution in [2.75, 3.05) is 12.4 Å². The van der Waals surface area contributed by atoms with Crippen molar-refractivity contribution >= 4 is 22.8 Å². The normalized spacial score (nSPS) is 11.3. The Bertz CT molecular complexity index is 957. The summed E-state index contributed by atoms with van der Waals surface area (Å²) in [5, 5.41) is 6.10. The molecule has 1 N–H and O–H groups in total. The van der Waals surface area contributed by atoms with Gasteiger partial charge in [-0.2, -0.15) is 18.1 Å². The molecule has 0 atom stereocenters. The molecule has 0 spiro atoms. The summed E-state index contributed by atoms with van der Waals surface area (Å²) in [4.78, 5) is 15.6. The first-order valence-electron chi connectivity index (χ1n) is 7.79. The van der Waals surface area contributed by atoms with Crippen LogP contribution in [0, 0.1) is 4.91 Å². The highest BCUT2D eigenvalue weighted by atomic mass is 32.1. The third kappa shape index (κ3) is 4.25. The Morgan fingerprint density at radius 3 is 2.67 bits per heavy atom. The second-order valence-corrected chi connectivity index (χ2v) is 6.56. The number of methoxy groups -OCH3 is 1. The minimum atomic E-state index is -4.52. The minimum Gasteiger partial charge on any atom is -0.497 e. The fourth-order valence-corrected chi connectivity index (χ4v) is 3.39. The van der Waals surface area contributed by atoms with Gasteiger partial charge in [-0.3, -0.25) is 0 Å². The van der Waals surface area contributed by atoms with Gasteiger partial charge in [0.2, 0.25) is 0 Å². The lowest BCUT2D eigenvalue weighted by Gasteiger charge is -2.13. The van der Waals surface area contributed by atoms with Crippen molar-refractivity contribution in [3.63, 3.8) is 0 Å². The van der Waals surface area contributed by atoms with Gasteiger partial charge in [-0.1, -0.05) is 29.4 Å². The number of nitrogens with zero attached hydrogens (tertiary/aromatic N) is 2. The number of aromatic nitrogens is 1. The highest BCUT2D eigenvalue weighted by molar-refractivity contribution is 7.15. The molecule has 0 saturated heterocycles. The quantitative estimate of drug-likeness (QED) is 0.534. The van der Waals surface area contributed by atoms with Crippen LogP contribution in [0.1, 0.15) is 10.4 Å².